The van der Waals surface area contributed by atoms with E-state index in [2.05, 4.69) is 0 Å². The van der Waals surface area contributed by atoms with Gasteiger partial charge < -0.3 is 44.5 Å². The molecular formula is C30H34O10. The molecular weight excluding hydrogens is 520 g/mol. The maximum absolute atomic E-state index is 12.8. The molecule has 1 aliphatic heterocycles. The zero-order valence-corrected chi connectivity index (χ0v) is 22.5. The zero-order valence-electron chi connectivity index (χ0n) is 22.5. The Morgan fingerprint density at radius 2 is 1.48 bits per heavy atom. The summed E-state index contributed by atoms with van der Waals surface area (Å²) in [5, 5.41) is 52.2. The van der Waals surface area contributed by atoms with E-state index in [0.717, 1.165) is 5.56 Å². The van der Waals surface area contributed by atoms with Crippen LogP contribution in [0, 0.1) is 11.8 Å². The van der Waals surface area contributed by atoms with E-state index in [1.54, 1.807) is 30.3 Å². The first-order valence-electron chi connectivity index (χ1n) is 12.8. The molecule has 1 heterocycles. The number of hydrogen-bond acceptors (Lipinski definition) is 10. The number of phenols is 3. The topological polar surface area (TPSA) is 155 Å². The minimum atomic E-state index is -1.26. The van der Waals surface area contributed by atoms with Crippen molar-refractivity contribution in [2.45, 2.75) is 24.9 Å². The Hall–Kier alpha value is -4.15. The fourth-order valence-corrected chi connectivity index (χ4v) is 5.19. The Bertz CT molecular complexity index is 1350. The Labute approximate surface area is 232 Å². The summed E-state index contributed by atoms with van der Waals surface area (Å²) in [6, 6.07) is 12.6. The van der Waals surface area contributed by atoms with Gasteiger partial charge in [0, 0.05) is 17.4 Å². The molecule has 0 radical (unpaired) electrons. The number of ether oxygens (including phenoxy) is 4. The van der Waals surface area contributed by atoms with Gasteiger partial charge in [0.2, 0.25) is 0 Å². The molecule has 4 rings (SSSR count). The first kappa shape index (κ1) is 28.8. The predicted octanol–water partition coefficient (Wildman–Crippen LogP) is 3.21. The summed E-state index contributed by atoms with van der Waals surface area (Å²) in [5.41, 5.74) is 2.12. The van der Waals surface area contributed by atoms with Crippen LogP contribution in [0.3, 0.4) is 0 Å². The molecule has 0 bridgehead atoms. The maximum Gasteiger partial charge on any atom is 0.309 e. The smallest absolute Gasteiger partial charge is 0.309 e. The van der Waals surface area contributed by atoms with Crippen molar-refractivity contribution in [1.29, 1.82) is 0 Å². The molecule has 0 saturated carbocycles. The second-order valence-corrected chi connectivity index (χ2v) is 9.81. The van der Waals surface area contributed by atoms with Gasteiger partial charge in [0.15, 0.2) is 34.5 Å². The van der Waals surface area contributed by atoms with E-state index >= 15 is 0 Å². The summed E-state index contributed by atoms with van der Waals surface area (Å²) >= 11 is 0. The van der Waals surface area contributed by atoms with Gasteiger partial charge in [0.25, 0.3) is 0 Å². The molecule has 1 saturated heterocycles. The van der Waals surface area contributed by atoms with E-state index in [-0.39, 0.29) is 59.2 Å². The number of methoxy groups -OCH3 is 3. The molecule has 1 fully saturated rings. The number of carbonyl (C=O) groups is 1. The molecule has 0 amide bonds. The van der Waals surface area contributed by atoms with Gasteiger partial charge >= 0.3 is 5.97 Å². The Morgan fingerprint density at radius 1 is 0.850 bits per heavy atom. The van der Waals surface area contributed by atoms with Crippen LogP contribution in [-0.4, -0.2) is 66.0 Å². The fraction of sp³-hybridized carbons (Fsp3) is 0.367. The normalized spacial score (nSPS) is 18.2. The molecule has 5 N–H and O–H groups in total. The highest BCUT2D eigenvalue weighted by molar-refractivity contribution is 5.75. The minimum Gasteiger partial charge on any atom is -0.504 e. The Balaban J connectivity index is 1.63. The third-order valence-electron chi connectivity index (χ3n) is 7.42. The lowest BCUT2D eigenvalue weighted by atomic mass is 9.83. The van der Waals surface area contributed by atoms with Crippen molar-refractivity contribution in [3.05, 3.63) is 70.8 Å². The summed E-state index contributed by atoms with van der Waals surface area (Å²) < 4.78 is 21.1. The van der Waals surface area contributed by atoms with Gasteiger partial charge in [-0.1, -0.05) is 18.2 Å². The summed E-state index contributed by atoms with van der Waals surface area (Å²) in [6.07, 6.45) is -0.488. The predicted molar refractivity (Wildman–Crippen MR) is 144 cm³/mol. The molecule has 0 spiro atoms. The van der Waals surface area contributed by atoms with E-state index in [9.17, 15) is 30.3 Å². The zero-order chi connectivity index (χ0) is 29.0. The van der Waals surface area contributed by atoms with Gasteiger partial charge in [-0.25, -0.2) is 0 Å². The van der Waals surface area contributed by atoms with Crippen LogP contribution in [0.15, 0.2) is 48.5 Å². The quantitative estimate of drug-likeness (QED) is 0.223. The molecule has 0 aromatic heterocycles. The SMILES string of the molecule is COc1cc(CC2COC(=O)C2Cc2cc(OC)c(O)c(C(CO)C(O)c3ccc(O)c(OC)c3)c2)ccc1O. The number of aromatic hydroxyl groups is 3. The van der Waals surface area contributed by atoms with E-state index < -0.39 is 24.5 Å². The second-order valence-electron chi connectivity index (χ2n) is 9.81. The average Bonchev–Trinajstić information content (AvgIpc) is 3.29. The van der Waals surface area contributed by atoms with Crippen LogP contribution in [0.4, 0.5) is 0 Å². The summed E-state index contributed by atoms with van der Waals surface area (Å²) in [5.74, 6) is -1.66. The second kappa shape index (κ2) is 12.4. The van der Waals surface area contributed by atoms with Gasteiger partial charge in [-0.05, 0) is 59.9 Å². The van der Waals surface area contributed by atoms with Gasteiger partial charge in [0.05, 0.1) is 46.6 Å². The van der Waals surface area contributed by atoms with Gasteiger partial charge in [-0.15, -0.1) is 0 Å². The van der Waals surface area contributed by atoms with E-state index in [1.807, 2.05) is 0 Å². The molecule has 214 valence electrons. The summed E-state index contributed by atoms with van der Waals surface area (Å²) in [4.78, 5) is 12.8. The van der Waals surface area contributed by atoms with Crippen molar-refractivity contribution < 1.29 is 49.3 Å². The first-order chi connectivity index (χ1) is 19.2. The van der Waals surface area contributed by atoms with E-state index in [0.29, 0.717) is 23.3 Å². The Morgan fingerprint density at radius 3 is 2.12 bits per heavy atom. The lowest BCUT2D eigenvalue weighted by molar-refractivity contribution is -0.141. The molecule has 4 atom stereocenters. The number of rotatable bonds is 11. The highest BCUT2D eigenvalue weighted by Gasteiger charge is 2.37. The van der Waals surface area contributed by atoms with Crippen molar-refractivity contribution in [3.63, 3.8) is 0 Å². The molecule has 10 heteroatoms. The number of esters is 1. The minimum absolute atomic E-state index is 0.0247. The average molecular weight is 555 g/mol. The van der Waals surface area contributed by atoms with Crippen LogP contribution in [0.25, 0.3) is 0 Å². The monoisotopic (exact) mass is 554 g/mol. The number of cyclic esters (lactones) is 1. The largest absolute Gasteiger partial charge is 0.504 e. The first-order valence-corrected chi connectivity index (χ1v) is 12.8. The highest BCUT2D eigenvalue weighted by Crippen LogP contribution is 2.43. The third kappa shape index (κ3) is 5.88. The number of aliphatic hydroxyl groups is 2. The van der Waals surface area contributed by atoms with Crippen molar-refractivity contribution in [2.75, 3.05) is 34.5 Å². The van der Waals surface area contributed by atoms with Crippen LogP contribution >= 0.6 is 0 Å². The van der Waals surface area contributed by atoms with Crippen LogP contribution in [0.2, 0.25) is 0 Å². The molecule has 3 aromatic rings. The third-order valence-corrected chi connectivity index (χ3v) is 7.42. The van der Waals surface area contributed by atoms with Crippen molar-refractivity contribution in [2.24, 2.45) is 11.8 Å². The summed E-state index contributed by atoms with van der Waals surface area (Å²) in [7, 11) is 4.24. The van der Waals surface area contributed by atoms with E-state index in [1.165, 1.54) is 39.5 Å². The van der Waals surface area contributed by atoms with Crippen molar-refractivity contribution >= 4 is 5.97 Å². The van der Waals surface area contributed by atoms with Crippen LogP contribution < -0.4 is 14.2 Å². The molecule has 10 nitrogen and oxygen atoms in total. The van der Waals surface area contributed by atoms with Crippen LogP contribution in [-0.2, 0) is 22.4 Å². The lowest BCUT2D eigenvalue weighted by Gasteiger charge is -2.25. The highest BCUT2D eigenvalue weighted by atomic mass is 16.5. The lowest BCUT2D eigenvalue weighted by Crippen LogP contribution is -2.21. The molecule has 3 aromatic carbocycles. The van der Waals surface area contributed by atoms with Gasteiger partial charge in [-0.2, -0.15) is 0 Å². The molecule has 4 unspecified atom stereocenters. The maximum atomic E-state index is 12.8. The summed E-state index contributed by atoms with van der Waals surface area (Å²) in [6.45, 7) is -0.281. The number of aliphatic hydroxyl groups excluding tert-OH is 2. The van der Waals surface area contributed by atoms with Crippen LogP contribution in [0.1, 0.15) is 34.3 Å². The number of phenolic OH excluding ortho intramolecular Hbond substituents is 3. The van der Waals surface area contributed by atoms with Crippen LogP contribution in [0.5, 0.6) is 34.5 Å². The molecule has 0 aliphatic carbocycles. The molecule has 40 heavy (non-hydrogen) atoms. The molecule has 1 aliphatic rings. The van der Waals surface area contributed by atoms with Gasteiger partial charge in [-0.3, -0.25) is 4.79 Å². The number of hydrogen-bond donors (Lipinski definition) is 5. The fourth-order valence-electron chi connectivity index (χ4n) is 5.19. The number of carbonyl (C=O) groups excluding carboxylic acids is 1. The van der Waals surface area contributed by atoms with Crippen molar-refractivity contribution in [3.8, 4) is 34.5 Å². The van der Waals surface area contributed by atoms with E-state index in [4.69, 9.17) is 18.9 Å². The van der Waals surface area contributed by atoms with Gasteiger partial charge in [0.1, 0.15) is 0 Å². The van der Waals surface area contributed by atoms with Crippen molar-refractivity contribution in [1.82, 2.24) is 0 Å². The Kier molecular flexibility index (Phi) is 8.91. The number of benzene rings is 3. The standard InChI is InChI=1S/C30H34O10/c1-37-25-11-16(4-6-23(25)32)8-19-15-40-30(36)20(19)9-17-10-21(29(35)27(12-17)39-3)22(14-31)28(34)18-5-7-24(33)26(13-18)38-2/h4-7,10-13,19-20,22,28,31-35H,8-9,14-15H2,1-3H3.